The van der Waals surface area contributed by atoms with Crippen LogP contribution in [0.25, 0.3) is 100.0 Å². The molecule has 13 rings (SSSR count). The molecule has 0 bridgehead atoms. The highest BCUT2D eigenvalue weighted by Crippen LogP contribution is 2.35. The molecule has 0 amide bonds. The zero-order chi connectivity index (χ0) is 42.2. The van der Waals surface area contributed by atoms with Gasteiger partial charge < -0.3 is 13.3 Å². The van der Waals surface area contributed by atoms with Crippen LogP contribution in [0.3, 0.4) is 0 Å². The van der Waals surface area contributed by atoms with Gasteiger partial charge in [-0.1, -0.05) is 158 Å². The van der Waals surface area contributed by atoms with Gasteiger partial charge in [0.1, 0.15) is 33.5 Å². The molecule has 0 aliphatic carbocycles. The van der Waals surface area contributed by atoms with Gasteiger partial charge in [0.15, 0.2) is 25.5 Å². The van der Waals surface area contributed by atoms with Crippen LogP contribution in [0.1, 0.15) is 0 Å². The van der Waals surface area contributed by atoms with Crippen molar-refractivity contribution in [1.29, 1.82) is 0 Å². The Morgan fingerprint density at radius 2 is 0.688 bits per heavy atom. The van der Waals surface area contributed by atoms with Gasteiger partial charge in [-0.2, -0.15) is 0 Å². The molecule has 300 valence electrons. The maximum atomic E-state index is 6.89. The number of hydrogen-bond acceptors (Lipinski definition) is 6. The van der Waals surface area contributed by atoms with Crippen LogP contribution in [0.2, 0.25) is 0 Å². The van der Waals surface area contributed by atoms with E-state index in [1.807, 2.05) is 66.7 Å². The van der Waals surface area contributed by atoms with E-state index in [1.54, 1.807) is 0 Å². The number of aromatic nitrogens is 3. The first kappa shape index (κ1) is 36.3. The van der Waals surface area contributed by atoms with Crippen molar-refractivity contribution in [2.75, 3.05) is 0 Å². The molecule has 0 saturated heterocycles. The molecule has 0 N–H and O–H groups in total. The Morgan fingerprint density at radius 1 is 0.281 bits per heavy atom. The lowest BCUT2D eigenvalue weighted by Gasteiger charge is -2.34. The van der Waals surface area contributed by atoms with Crippen molar-refractivity contribution in [2.24, 2.45) is 0 Å². The molecule has 4 heterocycles. The normalized spacial score (nSPS) is 12.1. The summed E-state index contributed by atoms with van der Waals surface area (Å²) in [5.74, 6) is 1.70. The summed E-state index contributed by atoms with van der Waals surface area (Å²) >= 11 is 0. The van der Waals surface area contributed by atoms with E-state index in [0.29, 0.717) is 17.5 Å². The molecule has 0 fully saturated rings. The molecule has 6 nitrogen and oxygen atoms in total. The van der Waals surface area contributed by atoms with Crippen molar-refractivity contribution in [2.45, 2.75) is 0 Å². The van der Waals surface area contributed by atoms with Gasteiger partial charge in [-0.25, -0.2) is 15.0 Å². The standard InChI is InChI=1S/C57H35N3O3Si/c1-3-16-39(17-4-1)64(40-18-5-2-6-19-40,53-28-14-24-45-42-21-7-12-27-50(42)63-54(45)53)41-20-13-15-36(33-41)55-58-56(37-29-31-51-46(34-37)43-22-8-10-25-48(43)61-51)60-57(59-55)38-30-32-52-47(35-38)44-23-9-11-26-49(44)62-52/h1-35H. The largest absolute Gasteiger partial charge is 0.456 e. The second-order valence-corrected chi connectivity index (χ2v) is 20.0. The second kappa shape index (κ2) is 14.3. The second-order valence-electron chi connectivity index (χ2n) is 16.3. The maximum Gasteiger partial charge on any atom is 0.184 e. The summed E-state index contributed by atoms with van der Waals surface area (Å²) in [4.78, 5) is 15.9. The Labute approximate surface area is 367 Å². The average molecular weight is 838 g/mol. The molecule has 0 radical (unpaired) electrons. The molecule has 64 heavy (non-hydrogen) atoms. The van der Waals surface area contributed by atoms with Gasteiger partial charge in [-0.3, -0.25) is 0 Å². The van der Waals surface area contributed by atoms with Crippen molar-refractivity contribution in [1.82, 2.24) is 15.0 Å². The summed E-state index contributed by atoms with van der Waals surface area (Å²) in [6.07, 6.45) is 0. The Balaban J connectivity index is 1.07. The maximum absolute atomic E-state index is 6.89. The van der Waals surface area contributed by atoms with Crippen LogP contribution in [0.5, 0.6) is 0 Å². The first-order valence-electron chi connectivity index (χ1n) is 21.4. The van der Waals surface area contributed by atoms with E-state index < -0.39 is 8.07 Å². The summed E-state index contributed by atoms with van der Waals surface area (Å²) in [6.45, 7) is 0. The summed E-state index contributed by atoms with van der Waals surface area (Å²) < 4.78 is 19.4. The van der Waals surface area contributed by atoms with Crippen LogP contribution < -0.4 is 20.7 Å². The third-order valence-corrected chi connectivity index (χ3v) is 17.5. The highest BCUT2D eigenvalue weighted by Gasteiger charge is 2.44. The Hall–Kier alpha value is -8.39. The lowest BCUT2D eigenvalue weighted by molar-refractivity contribution is 0.668. The fraction of sp³-hybridized carbons (Fsp3) is 0. The minimum Gasteiger partial charge on any atom is -0.456 e. The molecule has 0 atom stereocenters. The average Bonchev–Trinajstić information content (AvgIpc) is 4.06. The van der Waals surface area contributed by atoms with Crippen LogP contribution in [0.15, 0.2) is 226 Å². The number of rotatable bonds is 7. The number of para-hydroxylation sites is 4. The fourth-order valence-electron chi connectivity index (χ4n) is 9.77. The van der Waals surface area contributed by atoms with E-state index >= 15 is 0 Å². The molecule has 0 aliphatic rings. The first-order chi connectivity index (χ1) is 31.7. The van der Waals surface area contributed by atoms with Gasteiger partial charge in [0, 0.05) is 49.0 Å². The molecule has 0 spiro atoms. The quantitative estimate of drug-likeness (QED) is 0.118. The molecular weight excluding hydrogens is 803 g/mol. The van der Waals surface area contributed by atoms with Crippen molar-refractivity contribution in [3.05, 3.63) is 212 Å². The van der Waals surface area contributed by atoms with E-state index in [1.165, 1.54) is 20.7 Å². The Morgan fingerprint density at radius 3 is 1.23 bits per heavy atom. The van der Waals surface area contributed by atoms with Crippen molar-refractivity contribution in [3.8, 4) is 34.2 Å². The van der Waals surface area contributed by atoms with Crippen LogP contribution in [-0.2, 0) is 0 Å². The van der Waals surface area contributed by atoms with E-state index in [2.05, 4.69) is 146 Å². The van der Waals surface area contributed by atoms with Gasteiger partial charge in [-0.05, 0) is 75.3 Å². The van der Waals surface area contributed by atoms with Crippen molar-refractivity contribution >= 4 is 94.6 Å². The first-order valence-corrected chi connectivity index (χ1v) is 23.4. The van der Waals surface area contributed by atoms with E-state index in [4.69, 9.17) is 28.2 Å². The molecule has 0 aliphatic heterocycles. The third kappa shape index (κ3) is 5.61. The molecule has 4 aromatic heterocycles. The topological polar surface area (TPSA) is 78.1 Å². The van der Waals surface area contributed by atoms with E-state index in [0.717, 1.165) is 82.5 Å². The molecular formula is C57H35N3O3Si. The minimum atomic E-state index is -3.13. The van der Waals surface area contributed by atoms with E-state index in [9.17, 15) is 0 Å². The molecule has 13 aromatic rings. The summed E-state index contributed by atoms with van der Waals surface area (Å²) in [5, 5.41) is 11.1. The van der Waals surface area contributed by atoms with Crippen molar-refractivity contribution in [3.63, 3.8) is 0 Å². The highest BCUT2D eigenvalue weighted by atomic mass is 28.3. The van der Waals surface area contributed by atoms with Gasteiger partial charge in [-0.15, -0.1) is 0 Å². The van der Waals surface area contributed by atoms with Gasteiger partial charge in [0.25, 0.3) is 0 Å². The number of hydrogen-bond donors (Lipinski definition) is 0. The lowest BCUT2D eigenvalue weighted by Crippen LogP contribution is -2.74. The number of nitrogens with zero attached hydrogens (tertiary/aromatic N) is 3. The SMILES string of the molecule is c1ccc([Si](c2ccccc2)(c2cccc(-c3nc(-c4ccc5oc6ccccc6c5c4)nc(-c4ccc5oc6ccccc6c5c4)n3)c2)c2cccc3c2oc2ccccc23)cc1. The zero-order valence-electron chi connectivity index (χ0n) is 34.3. The van der Waals surface area contributed by atoms with Gasteiger partial charge >= 0.3 is 0 Å². The molecule has 9 aromatic carbocycles. The van der Waals surface area contributed by atoms with Gasteiger partial charge in [0.2, 0.25) is 0 Å². The molecule has 0 unspecified atom stereocenters. The third-order valence-electron chi connectivity index (χ3n) is 12.7. The zero-order valence-corrected chi connectivity index (χ0v) is 35.3. The molecule has 0 saturated carbocycles. The van der Waals surface area contributed by atoms with Crippen LogP contribution in [0.4, 0.5) is 0 Å². The molecule has 7 heteroatoms. The highest BCUT2D eigenvalue weighted by molar-refractivity contribution is 7.20. The fourth-order valence-corrected chi connectivity index (χ4v) is 14.7. The summed E-state index contributed by atoms with van der Waals surface area (Å²) in [5.41, 5.74) is 7.69. The van der Waals surface area contributed by atoms with Crippen LogP contribution >= 0.6 is 0 Å². The van der Waals surface area contributed by atoms with Crippen LogP contribution in [-0.4, -0.2) is 23.0 Å². The monoisotopic (exact) mass is 837 g/mol. The predicted molar refractivity (Wildman–Crippen MR) is 262 cm³/mol. The lowest BCUT2D eigenvalue weighted by atomic mass is 10.1. The number of fused-ring (bicyclic) bond motifs is 9. The minimum absolute atomic E-state index is 0.566. The summed E-state index contributed by atoms with van der Waals surface area (Å²) in [6, 6.07) is 74.2. The van der Waals surface area contributed by atoms with E-state index in [-0.39, 0.29) is 0 Å². The number of benzene rings is 9. The Bertz CT molecular complexity index is 3760. The van der Waals surface area contributed by atoms with Crippen molar-refractivity contribution < 1.29 is 13.3 Å². The van der Waals surface area contributed by atoms with Gasteiger partial charge in [0.05, 0.1) is 0 Å². The number of furan rings is 3. The Kier molecular flexibility index (Phi) is 8.13. The van der Waals surface area contributed by atoms with Crippen LogP contribution in [0, 0.1) is 0 Å². The smallest absolute Gasteiger partial charge is 0.184 e. The predicted octanol–water partition coefficient (Wildman–Crippen LogP) is 11.9. The summed E-state index contributed by atoms with van der Waals surface area (Å²) in [7, 11) is -3.13.